The first-order valence-electron chi connectivity index (χ1n) is 6.87. The third-order valence-corrected chi connectivity index (χ3v) is 4.60. The van der Waals surface area contributed by atoms with Crippen LogP contribution < -0.4 is 11.3 Å². The standard InChI is InChI=1S/C14H22N2O3S/c1-8-4-12(5-9(2)19-8)18-7-11-6-13(14(17)16-15)20-10(11)3/h6,8-9,12H,4-5,7,15H2,1-3H3,(H,16,17). The lowest BCUT2D eigenvalue weighted by Crippen LogP contribution is -2.34. The van der Waals surface area contributed by atoms with E-state index in [1.807, 2.05) is 13.0 Å². The van der Waals surface area contributed by atoms with E-state index in [0.717, 1.165) is 23.3 Å². The number of amides is 1. The van der Waals surface area contributed by atoms with Crippen LogP contribution in [0.25, 0.3) is 0 Å². The van der Waals surface area contributed by atoms with Crippen molar-refractivity contribution in [1.82, 2.24) is 5.43 Å². The zero-order chi connectivity index (χ0) is 14.7. The van der Waals surface area contributed by atoms with Gasteiger partial charge in [-0.15, -0.1) is 11.3 Å². The number of hydrogen-bond acceptors (Lipinski definition) is 5. The van der Waals surface area contributed by atoms with Crippen LogP contribution in [-0.4, -0.2) is 24.2 Å². The molecule has 0 bridgehead atoms. The highest BCUT2D eigenvalue weighted by Gasteiger charge is 2.25. The Hall–Kier alpha value is -0.950. The molecule has 2 heterocycles. The van der Waals surface area contributed by atoms with Crippen molar-refractivity contribution in [3.8, 4) is 0 Å². The molecule has 1 aromatic heterocycles. The van der Waals surface area contributed by atoms with Crippen LogP contribution in [0, 0.1) is 6.92 Å². The van der Waals surface area contributed by atoms with Gasteiger partial charge in [0.05, 0.1) is 29.8 Å². The Morgan fingerprint density at radius 2 is 2.15 bits per heavy atom. The molecule has 3 N–H and O–H groups in total. The summed E-state index contributed by atoms with van der Waals surface area (Å²) in [6.07, 6.45) is 2.55. The van der Waals surface area contributed by atoms with Gasteiger partial charge in [0, 0.05) is 4.88 Å². The minimum atomic E-state index is -0.252. The van der Waals surface area contributed by atoms with Gasteiger partial charge in [0.2, 0.25) is 0 Å². The monoisotopic (exact) mass is 298 g/mol. The van der Waals surface area contributed by atoms with Crippen LogP contribution in [0.4, 0.5) is 0 Å². The van der Waals surface area contributed by atoms with Gasteiger partial charge in [0.25, 0.3) is 5.91 Å². The van der Waals surface area contributed by atoms with E-state index in [1.165, 1.54) is 11.3 Å². The van der Waals surface area contributed by atoms with Gasteiger partial charge in [0.1, 0.15) is 0 Å². The summed E-state index contributed by atoms with van der Waals surface area (Å²) in [6, 6.07) is 1.86. The maximum atomic E-state index is 11.5. The van der Waals surface area contributed by atoms with Crippen LogP contribution in [0.15, 0.2) is 6.07 Å². The smallest absolute Gasteiger partial charge is 0.275 e. The first kappa shape index (κ1) is 15.4. The number of hydrogen-bond donors (Lipinski definition) is 2. The highest BCUT2D eigenvalue weighted by Crippen LogP contribution is 2.26. The summed E-state index contributed by atoms with van der Waals surface area (Å²) in [7, 11) is 0. The van der Waals surface area contributed by atoms with Crippen LogP contribution in [0.5, 0.6) is 0 Å². The second-order valence-electron chi connectivity index (χ2n) is 5.33. The van der Waals surface area contributed by atoms with Crippen molar-refractivity contribution in [1.29, 1.82) is 0 Å². The fourth-order valence-corrected chi connectivity index (χ4v) is 3.47. The number of nitrogens with two attached hydrogens (primary N) is 1. The maximum absolute atomic E-state index is 11.5. The molecule has 112 valence electrons. The van der Waals surface area contributed by atoms with Crippen molar-refractivity contribution in [2.75, 3.05) is 0 Å². The lowest BCUT2D eigenvalue weighted by molar-refractivity contribution is -0.106. The molecule has 1 aromatic rings. The fourth-order valence-electron chi connectivity index (χ4n) is 2.53. The van der Waals surface area contributed by atoms with Crippen molar-refractivity contribution in [3.63, 3.8) is 0 Å². The number of nitrogens with one attached hydrogen (secondary N) is 1. The van der Waals surface area contributed by atoms with Crippen molar-refractivity contribution < 1.29 is 14.3 Å². The number of hydrazine groups is 1. The fraction of sp³-hybridized carbons (Fsp3) is 0.643. The second-order valence-corrected chi connectivity index (χ2v) is 6.58. The lowest BCUT2D eigenvalue weighted by atomic mass is 10.0. The summed E-state index contributed by atoms with van der Waals surface area (Å²) in [5, 5.41) is 0. The van der Waals surface area contributed by atoms with Crippen LogP contribution >= 0.6 is 11.3 Å². The molecule has 1 amide bonds. The largest absolute Gasteiger partial charge is 0.375 e. The van der Waals surface area contributed by atoms with Crippen LogP contribution in [0.3, 0.4) is 0 Å². The first-order chi connectivity index (χ1) is 9.49. The molecule has 1 saturated heterocycles. The van der Waals surface area contributed by atoms with Gasteiger partial charge in [-0.1, -0.05) is 0 Å². The Labute approximate surface area is 123 Å². The molecule has 2 rings (SSSR count). The van der Waals surface area contributed by atoms with Gasteiger partial charge in [0.15, 0.2) is 0 Å². The molecule has 2 unspecified atom stereocenters. The molecule has 0 aliphatic carbocycles. The summed E-state index contributed by atoms with van der Waals surface area (Å²) in [5.74, 6) is 4.89. The maximum Gasteiger partial charge on any atom is 0.275 e. The second kappa shape index (κ2) is 6.67. The molecule has 5 nitrogen and oxygen atoms in total. The number of carbonyl (C=O) groups is 1. The molecule has 6 heteroatoms. The third kappa shape index (κ3) is 3.79. The van der Waals surface area contributed by atoms with Crippen molar-refractivity contribution in [3.05, 3.63) is 21.4 Å². The summed E-state index contributed by atoms with van der Waals surface area (Å²) in [6.45, 7) is 6.67. The van der Waals surface area contributed by atoms with E-state index in [2.05, 4.69) is 19.3 Å². The summed E-state index contributed by atoms with van der Waals surface area (Å²) in [4.78, 5) is 13.2. The third-order valence-electron chi connectivity index (χ3n) is 3.50. The Balaban J connectivity index is 1.93. The van der Waals surface area contributed by atoms with E-state index in [0.29, 0.717) is 11.5 Å². The van der Waals surface area contributed by atoms with Crippen molar-refractivity contribution in [2.45, 2.75) is 58.5 Å². The Kier molecular flexibility index (Phi) is 5.15. The van der Waals surface area contributed by atoms with Crippen molar-refractivity contribution >= 4 is 17.2 Å². The summed E-state index contributed by atoms with van der Waals surface area (Å²) >= 11 is 1.44. The van der Waals surface area contributed by atoms with E-state index < -0.39 is 0 Å². The molecule has 0 saturated carbocycles. The van der Waals surface area contributed by atoms with E-state index in [1.54, 1.807) is 0 Å². The molecule has 1 aliphatic rings. The van der Waals surface area contributed by atoms with Gasteiger partial charge in [-0.2, -0.15) is 0 Å². The van der Waals surface area contributed by atoms with Crippen LogP contribution in [0.1, 0.15) is 46.8 Å². The first-order valence-corrected chi connectivity index (χ1v) is 7.68. The van der Waals surface area contributed by atoms with E-state index in [4.69, 9.17) is 15.3 Å². The Bertz CT molecular complexity index is 465. The predicted molar refractivity (Wildman–Crippen MR) is 78.5 cm³/mol. The molecule has 0 radical (unpaired) electrons. The highest BCUT2D eigenvalue weighted by molar-refractivity contribution is 7.14. The van der Waals surface area contributed by atoms with E-state index in [-0.39, 0.29) is 24.2 Å². The predicted octanol–water partition coefficient (Wildman–Crippen LogP) is 2.13. The lowest BCUT2D eigenvalue weighted by Gasteiger charge is -2.32. The van der Waals surface area contributed by atoms with Crippen molar-refractivity contribution in [2.24, 2.45) is 5.84 Å². The minimum absolute atomic E-state index is 0.222. The number of nitrogen functional groups attached to an aromatic ring is 1. The molecule has 0 aromatic carbocycles. The number of rotatable bonds is 4. The number of ether oxygens (including phenoxy) is 2. The Morgan fingerprint density at radius 3 is 2.75 bits per heavy atom. The number of thiophene rings is 1. The normalized spacial score (nSPS) is 26.5. The Morgan fingerprint density at radius 1 is 1.50 bits per heavy atom. The molecular weight excluding hydrogens is 276 g/mol. The van der Waals surface area contributed by atoms with E-state index >= 15 is 0 Å². The average molecular weight is 298 g/mol. The summed E-state index contributed by atoms with van der Waals surface area (Å²) < 4.78 is 11.7. The molecule has 20 heavy (non-hydrogen) atoms. The van der Waals surface area contributed by atoms with Gasteiger partial charge in [-0.25, -0.2) is 5.84 Å². The average Bonchev–Trinajstić information content (AvgIpc) is 2.76. The van der Waals surface area contributed by atoms with Gasteiger partial charge < -0.3 is 9.47 Å². The zero-order valence-electron chi connectivity index (χ0n) is 12.1. The molecule has 0 spiro atoms. The topological polar surface area (TPSA) is 73.6 Å². The number of carbonyl (C=O) groups excluding carboxylic acids is 1. The van der Waals surface area contributed by atoms with Crippen LogP contribution in [0.2, 0.25) is 0 Å². The molecule has 1 aliphatic heterocycles. The highest BCUT2D eigenvalue weighted by atomic mass is 32.1. The molecular formula is C14H22N2O3S. The van der Waals surface area contributed by atoms with Gasteiger partial charge >= 0.3 is 0 Å². The zero-order valence-corrected chi connectivity index (χ0v) is 13.0. The molecule has 2 atom stereocenters. The quantitative estimate of drug-likeness (QED) is 0.507. The van der Waals surface area contributed by atoms with Crippen LogP contribution in [-0.2, 0) is 16.1 Å². The van der Waals surface area contributed by atoms with Gasteiger partial charge in [-0.05, 0) is 45.2 Å². The SMILES string of the molecule is Cc1sc(C(=O)NN)cc1COC1CC(C)OC(C)C1. The summed E-state index contributed by atoms with van der Waals surface area (Å²) in [5.41, 5.74) is 3.21. The number of aryl methyl sites for hydroxylation is 1. The van der Waals surface area contributed by atoms with E-state index in [9.17, 15) is 4.79 Å². The van der Waals surface area contributed by atoms with Gasteiger partial charge in [-0.3, -0.25) is 10.2 Å². The minimum Gasteiger partial charge on any atom is -0.375 e. The molecule has 1 fully saturated rings.